The van der Waals surface area contributed by atoms with E-state index in [2.05, 4.69) is 20.1 Å². The molecule has 0 bridgehead atoms. The Kier molecular flexibility index (Phi) is 6.00. The average Bonchev–Trinajstić information content (AvgIpc) is 3.25. The Morgan fingerprint density at radius 1 is 1.14 bits per heavy atom. The lowest BCUT2D eigenvalue weighted by Crippen LogP contribution is -2.45. The Morgan fingerprint density at radius 2 is 1.86 bits per heavy atom. The first-order chi connectivity index (χ1) is 12.8. The number of nitrogens with zero attached hydrogens (tertiary/aromatic N) is 5. The number of piperidine rings is 1. The number of hydrogen-bond donors (Lipinski definition) is 1. The van der Waals surface area contributed by atoms with Crippen molar-refractivity contribution in [3.05, 3.63) is 11.6 Å². The molecule has 156 valence electrons. The lowest BCUT2D eigenvalue weighted by molar-refractivity contribution is -0.136. The molecule has 1 aromatic rings. The van der Waals surface area contributed by atoms with E-state index >= 15 is 0 Å². The number of fused-ring (bicyclic) bond motifs is 1. The van der Waals surface area contributed by atoms with Gasteiger partial charge in [-0.05, 0) is 33.6 Å². The standard InChI is InChI=1S/C19H30N6O2.ClH/c1-19(2,3)25-12-14(10-16(25)26)18(27)23-7-4-13(5-8-23)17-22-21-15-11-20-6-9-24(15)17;/h13-14,20H,4-12H2,1-3H3;1H. The summed E-state index contributed by atoms with van der Waals surface area (Å²) in [6, 6.07) is 0. The zero-order valence-electron chi connectivity index (χ0n) is 17.0. The molecule has 1 aromatic heterocycles. The van der Waals surface area contributed by atoms with Crippen molar-refractivity contribution in [2.24, 2.45) is 5.92 Å². The van der Waals surface area contributed by atoms with Gasteiger partial charge in [0.1, 0.15) is 11.6 Å². The first-order valence-corrected chi connectivity index (χ1v) is 10.1. The minimum Gasteiger partial charge on any atom is -0.342 e. The molecule has 28 heavy (non-hydrogen) atoms. The second kappa shape index (κ2) is 7.99. The fourth-order valence-corrected chi connectivity index (χ4v) is 4.55. The quantitative estimate of drug-likeness (QED) is 0.790. The van der Waals surface area contributed by atoms with Gasteiger partial charge in [-0.15, -0.1) is 22.6 Å². The lowest BCUT2D eigenvalue weighted by Gasteiger charge is -2.34. The zero-order valence-corrected chi connectivity index (χ0v) is 17.8. The highest BCUT2D eigenvalue weighted by Crippen LogP contribution is 2.31. The third kappa shape index (κ3) is 3.89. The van der Waals surface area contributed by atoms with Gasteiger partial charge in [-0.3, -0.25) is 9.59 Å². The van der Waals surface area contributed by atoms with E-state index in [0.717, 1.165) is 57.2 Å². The minimum absolute atomic E-state index is 0. The van der Waals surface area contributed by atoms with Crippen molar-refractivity contribution < 1.29 is 9.59 Å². The summed E-state index contributed by atoms with van der Waals surface area (Å²) in [6.45, 7) is 10.8. The first-order valence-electron chi connectivity index (χ1n) is 10.1. The van der Waals surface area contributed by atoms with Crippen molar-refractivity contribution in [2.75, 3.05) is 26.2 Å². The average molecular weight is 411 g/mol. The van der Waals surface area contributed by atoms with Gasteiger partial charge in [0, 0.05) is 50.6 Å². The van der Waals surface area contributed by atoms with Crippen molar-refractivity contribution in [1.29, 1.82) is 0 Å². The highest BCUT2D eigenvalue weighted by Gasteiger charge is 2.41. The first kappa shape index (κ1) is 21.0. The number of hydrogen-bond acceptors (Lipinski definition) is 5. The molecule has 0 radical (unpaired) electrons. The third-order valence-electron chi connectivity index (χ3n) is 6.11. The number of aromatic nitrogens is 3. The summed E-state index contributed by atoms with van der Waals surface area (Å²) < 4.78 is 2.25. The van der Waals surface area contributed by atoms with Gasteiger partial charge in [-0.1, -0.05) is 0 Å². The molecular weight excluding hydrogens is 380 g/mol. The van der Waals surface area contributed by atoms with Gasteiger partial charge in [-0.2, -0.15) is 0 Å². The monoisotopic (exact) mass is 410 g/mol. The SMILES string of the molecule is CC(C)(C)N1CC(C(=O)N2CCC(c3nnc4n3CCNC4)CC2)CC1=O.Cl. The normalized spacial score (nSPS) is 23.5. The number of carbonyl (C=O) groups excluding carboxylic acids is 2. The molecule has 8 nitrogen and oxygen atoms in total. The summed E-state index contributed by atoms with van der Waals surface area (Å²) in [4.78, 5) is 29.0. The van der Waals surface area contributed by atoms with E-state index in [1.54, 1.807) is 0 Å². The molecule has 0 aliphatic carbocycles. The summed E-state index contributed by atoms with van der Waals surface area (Å²) in [5.74, 6) is 2.50. The van der Waals surface area contributed by atoms with Gasteiger partial charge >= 0.3 is 0 Å². The largest absolute Gasteiger partial charge is 0.342 e. The molecule has 1 atom stereocenters. The maximum absolute atomic E-state index is 12.9. The van der Waals surface area contributed by atoms with Gasteiger partial charge < -0.3 is 19.7 Å². The van der Waals surface area contributed by atoms with Gasteiger partial charge in [0.2, 0.25) is 11.8 Å². The highest BCUT2D eigenvalue weighted by molar-refractivity contribution is 5.89. The summed E-state index contributed by atoms with van der Waals surface area (Å²) in [6.07, 6.45) is 2.18. The van der Waals surface area contributed by atoms with Gasteiger partial charge in [0.25, 0.3) is 0 Å². The molecule has 1 N–H and O–H groups in total. The van der Waals surface area contributed by atoms with Crippen molar-refractivity contribution in [1.82, 2.24) is 29.9 Å². The van der Waals surface area contributed by atoms with E-state index < -0.39 is 0 Å². The molecule has 2 fully saturated rings. The molecule has 1 unspecified atom stereocenters. The maximum atomic E-state index is 12.9. The van der Waals surface area contributed by atoms with E-state index in [4.69, 9.17) is 0 Å². The number of rotatable bonds is 2. The van der Waals surface area contributed by atoms with Gasteiger partial charge in [0.15, 0.2) is 0 Å². The van der Waals surface area contributed by atoms with Crippen molar-refractivity contribution in [3.63, 3.8) is 0 Å². The Bertz CT molecular complexity index is 735. The molecule has 0 saturated carbocycles. The van der Waals surface area contributed by atoms with Crippen LogP contribution in [0.15, 0.2) is 0 Å². The minimum atomic E-state index is -0.221. The van der Waals surface area contributed by atoms with Crippen LogP contribution in [0, 0.1) is 5.92 Å². The Balaban J connectivity index is 0.00000225. The number of nitrogens with one attached hydrogen (secondary N) is 1. The van der Waals surface area contributed by atoms with E-state index in [1.807, 2.05) is 30.6 Å². The molecule has 0 aromatic carbocycles. The number of halogens is 1. The van der Waals surface area contributed by atoms with Crippen LogP contribution in [-0.4, -0.2) is 68.1 Å². The van der Waals surface area contributed by atoms with Crippen LogP contribution in [0.5, 0.6) is 0 Å². The molecule has 2 amide bonds. The Hall–Kier alpha value is -1.67. The topological polar surface area (TPSA) is 83.4 Å². The van der Waals surface area contributed by atoms with Crippen molar-refractivity contribution in [3.8, 4) is 0 Å². The van der Waals surface area contributed by atoms with Crippen molar-refractivity contribution >= 4 is 24.2 Å². The fourth-order valence-electron chi connectivity index (χ4n) is 4.55. The van der Waals surface area contributed by atoms with Crippen LogP contribution in [0.25, 0.3) is 0 Å². The number of amides is 2. The number of likely N-dealkylation sites (tertiary alicyclic amines) is 2. The summed E-state index contributed by atoms with van der Waals surface area (Å²) in [7, 11) is 0. The van der Waals surface area contributed by atoms with Crippen molar-refractivity contribution in [2.45, 2.75) is 64.6 Å². The molecule has 3 aliphatic rings. The second-order valence-corrected chi connectivity index (χ2v) is 8.98. The predicted octanol–water partition coefficient (Wildman–Crippen LogP) is 1.16. The second-order valence-electron chi connectivity index (χ2n) is 8.98. The van der Waals surface area contributed by atoms with E-state index in [1.165, 1.54) is 0 Å². The van der Waals surface area contributed by atoms with Gasteiger partial charge in [-0.25, -0.2) is 0 Å². The van der Waals surface area contributed by atoms with Crippen LogP contribution in [0.1, 0.15) is 57.6 Å². The summed E-state index contributed by atoms with van der Waals surface area (Å²) in [5, 5.41) is 12.1. The number of carbonyl (C=O) groups is 2. The van der Waals surface area contributed by atoms with E-state index in [-0.39, 0.29) is 35.7 Å². The molecule has 0 spiro atoms. The smallest absolute Gasteiger partial charge is 0.227 e. The Morgan fingerprint density at radius 3 is 2.50 bits per heavy atom. The highest BCUT2D eigenvalue weighted by atomic mass is 35.5. The van der Waals surface area contributed by atoms with Gasteiger partial charge in [0.05, 0.1) is 12.5 Å². The molecule has 3 aliphatic heterocycles. The Labute approximate surface area is 172 Å². The zero-order chi connectivity index (χ0) is 19.2. The summed E-state index contributed by atoms with van der Waals surface area (Å²) >= 11 is 0. The molecule has 4 rings (SSSR count). The van der Waals surface area contributed by atoms with Crippen LogP contribution in [0.4, 0.5) is 0 Å². The summed E-state index contributed by atoms with van der Waals surface area (Å²) in [5.41, 5.74) is -0.221. The molecule has 9 heteroatoms. The van der Waals surface area contributed by atoms with E-state index in [9.17, 15) is 9.59 Å². The lowest BCUT2D eigenvalue weighted by atomic mass is 9.94. The van der Waals surface area contributed by atoms with Crippen LogP contribution in [-0.2, 0) is 22.7 Å². The molecular formula is C19H31ClN6O2. The molecule has 2 saturated heterocycles. The maximum Gasteiger partial charge on any atom is 0.227 e. The van der Waals surface area contributed by atoms with Crippen LogP contribution in [0.2, 0.25) is 0 Å². The van der Waals surface area contributed by atoms with Crippen LogP contribution >= 0.6 is 12.4 Å². The van der Waals surface area contributed by atoms with E-state index in [0.29, 0.717) is 18.9 Å². The van der Waals surface area contributed by atoms with Crippen LogP contribution < -0.4 is 5.32 Å². The predicted molar refractivity (Wildman–Crippen MR) is 107 cm³/mol. The molecule has 4 heterocycles. The fraction of sp³-hybridized carbons (Fsp3) is 0.789. The third-order valence-corrected chi connectivity index (χ3v) is 6.11. The van der Waals surface area contributed by atoms with Crippen LogP contribution in [0.3, 0.4) is 0 Å².